The standard InChI is InChI=1S/C26H27FN6O/c1-25(2,19-3-5-20(27)6-4-19)30-24(34)32-11-8-26(16-32)9-12-33-22(26)14-21(31-33)18-13-17-7-10-28-23(17)29-15-18/h3-7,10,13-15H,8-9,11-12,16H2,1-2H3,(H,28,29)(H,30,34). The van der Waals surface area contributed by atoms with E-state index in [0.29, 0.717) is 13.1 Å². The molecule has 174 valence electrons. The van der Waals surface area contributed by atoms with Crippen molar-refractivity contribution in [2.45, 2.75) is 44.2 Å². The maximum atomic E-state index is 13.3. The first kappa shape index (κ1) is 20.9. The van der Waals surface area contributed by atoms with Gasteiger partial charge >= 0.3 is 6.03 Å². The fraction of sp³-hybridized carbons (Fsp3) is 0.346. The maximum Gasteiger partial charge on any atom is 0.318 e. The second kappa shape index (κ2) is 7.41. The van der Waals surface area contributed by atoms with Crippen molar-refractivity contribution in [1.82, 2.24) is 30.0 Å². The summed E-state index contributed by atoms with van der Waals surface area (Å²) in [6.07, 6.45) is 5.64. The lowest BCUT2D eigenvalue weighted by Gasteiger charge is -2.30. The molecule has 0 saturated carbocycles. The summed E-state index contributed by atoms with van der Waals surface area (Å²) in [6, 6.07) is 12.5. The van der Waals surface area contributed by atoms with Crippen molar-refractivity contribution in [1.29, 1.82) is 0 Å². The van der Waals surface area contributed by atoms with Gasteiger partial charge in [-0.05, 0) is 62.6 Å². The average molecular weight is 459 g/mol. The first-order valence-electron chi connectivity index (χ1n) is 11.7. The topological polar surface area (TPSA) is 78.8 Å². The number of nitrogens with zero attached hydrogens (tertiary/aromatic N) is 4. The summed E-state index contributed by atoms with van der Waals surface area (Å²) in [6.45, 7) is 6.10. The number of urea groups is 1. The molecule has 1 unspecified atom stereocenters. The van der Waals surface area contributed by atoms with Gasteiger partial charge in [-0.15, -0.1) is 0 Å². The Kier molecular flexibility index (Phi) is 4.56. The lowest BCUT2D eigenvalue weighted by Crippen LogP contribution is -2.48. The molecule has 7 nitrogen and oxygen atoms in total. The molecule has 0 bridgehead atoms. The summed E-state index contributed by atoms with van der Waals surface area (Å²) in [5.74, 6) is -0.284. The first-order valence-corrected chi connectivity index (χ1v) is 11.7. The molecule has 8 heteroatoms. The number of rotatable bonds is 3. The number of carbonyl (C=O) groups excluding carboxylic acids is 1. The Labute approximate surface area is 197 Å². The fourth-order valence-electron chi connectivity index (χ4n) is 5.43. The largest absolute Gasteiger partial charge is 0.346 e. The second-order valence-electron chi connectivity index (χ2n) is 10.0. The number of halogens is 1. The van der Waals surface area contributed by atoms with Crippen LogP contribution in [0, 0.1) is 5.82 Å². The van der Waals surface area contributed by atoms with E-state index in [1.807, 2.05) is 37.2 Å². The molecule has 1 fully saturated rings. The first-order chi connectivity index (χ1) is 16.3. The van der Waals surface area contributed by atoms with Gasteiger partial charge in [-0.25, -0.2) is 14.2 Å². The van der Waals surface area contributed by atoms with Gasteiger partial charge in [0, 0.05) is 54.1 Å². The number of pyridine rings is 1. The number of likely N-dealkylation sites (tertiary alicyclic amines) is 1. The number of H-pyrrole nitrogens is 1. The van der Waals surface area contributed by atoms with Crippen LogP contribution in [0.15, 0.2) is 54.9 Å². The van der Waals surface area contributed by atoms with Crippen molar-refractivity contribution in [2.75, 3.05) is 13.1 Å². The number of aromatic nitrogens is 4. The zero-order chi connectivity index (χ0) is 23.5. The number of carbonyl (C=O) groups is 1. The molecule has 1 aromatic carbocycles. The molecule has 34 heavy (non-hydrogen) atoms. The van der Waals surface area contributed by atoms with E-state index < -0.39 is 5.54 Å². The number of hydrogen-bond donors (Lipinski definition) is 2. The van der Waals surface area contributed by atoms with E-state index >= 15 is 0 Å². The highest BCUT2D eigenvalue weighted by molar-refractivity contribution is 5.80. The third-order valence-corrected chi connectivity index (χ3v) is 7.45. The number of nitrogens with one attached hydrogen (secondary N) is 2. The van der Waals surface area contributed by atoms with Gasteiger partial charge in [-0.3, -0.25) is 4.68 Å². The minimum Gasteiger partial charge on any atom is -0.346 e. The third-order valence-electron chi connectivity index (χ3n) is 7.45. The number of hydrogen-bond acceptors (Lipinski definition) is 3. The number of aromatic amines is 1. The summed E-state index contributed by atoms with van der Waals surface area (Å²) in [7, 11) is 0. The van der Waals surface area contributed by atoms with Crippen LogP contribution in [0.5, 0.6) is 0 Å². The third kappa shape index (κ3) is 3.36. The van der Waals surface area contributed by atoms with E-state index in [-0.39, 0.29) is 17.3 Å². The molecule has 6 rings (SSSR count). The van der Waals surface area contributed by atoms with E-state index in [1.165, 1.54) is 17.8 Å². The SMILES string of the molecule is CC(C)(NC(=O)N1CCC2(CCn3nc(-c4cnc5[nH]ccc5c4)cc32)C1)c1ccc(F)cc1. The molecular formula is C26H27FN6O. The van der Waals surface area contributed by atoms with Crippen molar-refractivity contribution < 1.29 is 9.18 Å². The Morgan fingerprint density at radius 1 is 1.15 bits per heavy atom. The van der Waals surface area contributed by atoms with Crippen LogP contribution in [0.1, 0.15) is 37.9 Å². The Bertz CT molecular complexity index is 1390. The predicted molar refractivity (Wildman–Crippen MR) is 128 cm³/mol. The molecule has 5 heterocycles. The minimum absolute atomic E-state index is 0.0752. The maximum absolute atomic E-state index is 13.3. The highest BCUT2D eigenvalue weighted by Gasteiger charge is 2.47. The van der Waals surface area contributed by atoms with Gasteiger partial charge in [0.15, 0.2) is 0 Å². The number of fused-ring (bicyclic) bond motifs is 3. The molecule has 2 N–H and O–H groups in total. The van der Waals surface area contributed by atoms with Crippen molar-refractivity contribution in [3.05, 3.63) is 71.9 Å². The summed E-state index contributed by atoms with van der Waals surface area (Å²) >= 11 is 0. The van der Waals surface area contributed by atoms with Crippen molar-refractivity contribution in [3.63, 3.8) is 0 Å². The van der Waals surface area contributed by atoms with Gasteiger partial charge < -0.3 is 15.2 Å². The quantitative estimate of drug-likeness (QED) is 0.473. The minimum atomic E-state index is -0.602. The fourth-order valence-corrected chi connectivity index (χ4v) is 5.43. The number of amides is 2. The zero-order valence-electron chi connectivity index (χ0n) is 19.3. The molecule has 2 amide bonds. The Morgan fingerprint density at radius 2 is 1.94 bits per heavy atom. The average Bonchev–Trinajstić information content (AvgIpc) is 3.59. The highest BCUT2D eigenvalue weighted by atomic mass is 19.1. The normalized spacial score (nSPS) is 19.8. The van der Waals surface area contributed by atoms with E-state index in [9.17, 15) is 9.18 Å². The monoisotopic (exact) mass is 458 g/mol. The van der Waals surface area contributed by atoms with Crippen LogP contribution < -0.4 is 5.32 Å². The lowest BCUT2D eigenvalue weighted by molar-refractivity contribution is 0.194. The molecule has 1 saturated heterocycles. The van der Waals surface area contributed by atoms with E-state index in [1.54, 1.807) is 12.1 Å². The van der Waals surface area contributed by atoms with Gasteiger partial charge in [0.25, 0.3) is 0 Å². The summed E-state index contributed by atoms with van der Waals surface area (Å²) < 4.78 is 15.4. The van der Waals surface area contributed by atoms with Crippen molar-refractivity contribution in [3.8, 4) is 11.3 Å². The Hall–Kier alpha value is -3.68. The molecule has 1 atom stereocenters. The summed E-state index contributed by atoms with van der Waals surface area (Å²) in [5, 5.41) is 9.07. The molecule has 4 aromatic rings. The Balaban J connectivity index is 1.21. The lowest BCUT2D eigenvalue weighted by atomic mass is 9.82. The van der Waals surface area contributed by atoms with Crippen molar-refractivity contribution >= 4 is 17.1 Å². The molecule has 2 aliphatic rings. The smallest absolute Gasteiger partial charge is 0.318 e. The van der Waals surface area contributed by atoms with Gasteiger partial charge in [0.1, 0.15) is 11.5 Å². The summed E-state index contributed by atoms with van der Waals surface area (Å²) in [4.78, 5) is 22.7. The van der Waals surface area contributed by atoms with Gasteiger partial charge in [0.05, 0.1) is 11.2 Å². The van der Waals surface area contributed by atoms with Crippen LogP contribution in [0.3, 0.4) is 0 Å². The van der Waals surface area contributed by atoms with Crippen LogP contribution >= 0.6 is 0 Å². The molecule has 1 spiro atoms. The zero-order valence-corrected chi connectivity index (χ0v) is 19.3. The highest BCUT2D eigenvalue weighted by Crippen LogP contribution is 2.44. The van der Waals surface area contributed by atoms with Gasteiger partial charge in [0.2, 0.25) is 0 Å². The number of benzene rings is 1. The molecule has 0 radical (unpaired) electrons. The van der Waals surface area contributed by atoms with Crippen LogP contribution in [-0.2, 0) is 17.5 Å². The van der Waals surface area contributed by atoms with E-state index in [0.717, 1.165) is 47.2 Å². The molecular weight excluding hydrogens is 431 g/mol. The molecule has 0 aliphatic carbocycles. The van der Waals surface area contributed by atoms with Crippen LogP contribution in [-0.4, -0.2) is 43.8 Å². The van der Waals surface area contributed by atoms with Crippen LogP contribution in [0.4, 0.5) is 9.18 Å². The van der Waals surface area contributed by atoms with E-state index in [2.05, 4.69) is 32.1 Å². The van der Waals surface area contributed by atoms with Gasteiger partial charge in [-0.2, -0.15) is 5.10 Å². The molecule has 3 aromatic heterocycles. The summed E-state index contributed by atoms with van der Waals surface area (Å²) in [5.41, 5.74) is 4.18. The Morgan fingerprint density at radius 3 is 2.76 bits per heavy atom. The van der Waals surface area contributed by atoms with Gasteiger partial charge in [-0.1, -0.05) is 12.1 Å². The number of aryl methyl sites for hydroxylation is 1. The van der Waals surface area contributed by atoms with E-state index in [4.69, 9.17) is 5.10 Å². The second-order valence-corrected chi connectivity index (χ2v) is 10.0. The van der Waals surface area contributed by atoms with Crippen LogP contribution in [0.25, 0.3) is 22.3 Å². The molecule has 2 aliphatic heterocycles. The predicted octanol–water partition coefficient (Wildman–Crippen LogP) is 4.56. The van der Waals surface area contributed by atoms with Crippen molar-refractivity contribution in [2.24, 2.45) is 0 Å². The van der Waals surface area contributed by atoms with Crippen LogP contribution in [0.2, 0.25) is 0 Å².